The van der Waals surface area contributed by atoms with E-state index in [0.717, 1.165) is 13.0 Å². The van der Waals surface area contributed by atoms with E-state index in [0.29, 0.717) is 29.0 Å². The summed E-state index contributed by atoms with van der Waals surface area (Å²) < 4.78 is 13.4. The minimum atomic E-state index is -0.359. The van der Waals surface area contributed by atoms with E-state index in [2.05, 4.69) is 15.9 Å². The third kappa shape index (κ3) is 2.66. The first-order valence-corrected chi connectivity index (χ1v) is 6.35. The molecule has 0 aromatic heterocycles. The van der Waals surface area contributed by atoms with E-state index in [9.17, 15) is 9.18 Å². The van der Waals surface area contributed by atoms with E-state index in [1.165, 1.54) is 18.2 Å². The summed E-state index contributed by atoms with van der Waals surface area (Å²) in [4.78, 5) is 13.9. The van der Waals surface area contributed by atoms with Crippen molar-refractivity contribution in [2.75, 3.05) is 19.6 Å². The highest BCUT2D eigenvalue weighted by Gasteiger charge is 2.26. The minimum Gasteiger partial charge on any atom is -0.338 e. The Morgan fingerprint density at radius 3 is 2.94 bits per heavy atom. The zero-order valence-corrected chi connectivity index (χ0v) is 10.9. The van der Waals surface area contributed by atoms with Crippen LogP contribution in [0.3, 0.4) is 0 Å². The van der Waals surface area contributed by atoms with Gasteiger partial charge in [-0.25, -0.2) is 4.39 Å². The van der Waals surface area contributed by atoms with E-state index in [-0.39, 0.29) is 11.7 Å². The summed E-state index contributed by atoms with van der Waals surface area (Å²) in [7, 11) is 0. The van der Waals surface area contributed by atoms with Crippen LogP contribution in [0.4, 0.5) is 4.39 Å². The zero-order valence-electron chi connectivity index (χ0n) is 9.33. The van der Waals surface area contributed by atoms with Crippen molar-refractivity contribution in [3.05, 3.63) is 34.1 Å². The minimum absolute atomic E-state index is 0.0540. The van der Waals surface area contributed by atoms with Gasteiger partial charge in [0.05, 0.1) is 4.47 Å². The Morgan fingerprint density at radius 1 is 1.59 bits per heavy atom. The molecule has 0 unspecified atom stereocenters. The number of rotatable bonds is 2. The molecule has 1 fully saturated rings. The van der Waals surface area contributed by atoms with Gasteiger partial charge in [-0.1, -0.05) is 0 Å². The van der Waals surface area contributed by atoms with Crippen molar-refractivity contribution < 1.29 is 9.18 Å². The lowest BCUT2D eigenvalue weighted by atomic mass is 10.1. The summed E-state index contributed by atoms with van der Waals surface area (Å²) in [5, 5.41) is 0. The molecule has 1 heterocycles. The second-order valence-corrected chi connectivity index (χ2v) is 5.12. The molecule has 1 aromatic rings. The van der Waals surface area contributed by atoms with Crippen molar-refractivity contribution in [2.45, 2.75) is 6.42 Å². The maximum Gasteiger partial charge on any atom is 0.253 e. The average molecular weight is 301 g/mol. The predicted molar refractivity (Wildman–Crippen MR) is 67.2 cm³/mol. The number of benzene rings is 1. The Balaban J connectivity index is 2.12. The molecule has 2 rings (SSSR count). The molecule has 1 aromatic carbocycles. The van der Waals surface area contributed by atoms with Crippen molar-refractivity contribution in [3.8, 4) is 0 Å². The Labute approximate surface area is 108 Å². The van der Waals surface area contributed by atoms with Gasteiger partial charge in [0.1, 0.15) is 5.82 Å². The summed E-state index contributed by atoms with van der Waals surface area (Å²) in [6.07, 6.45) is 0.949. The number of carbonyl (C=O) groups excluding carboxylic acids is 1. The van der Waals surface area contributed by atoms with Gasteiger partial charge < -0.3 is 10.6 Å². The summed E-state index contributed by atoms with van der Waals surface area (Å²) >= 11 is 3.08. The van der Waals surface area contributed by atoms with E-state index < -0.39 is 0 Å². The van der Waals surface area contributed by atoms with Crippen LogP contribution in [0.5, 0.6) is 0 Å². The van der Waals surface area contributed by atoms with Gasteiger partial charge in [-0.2, -0.15) is 0 Å². The number of nitrogens with zero attached hydrogens (tertiary/aromatic N) is 1. The van der Waals surface area contributed by atoms with Gasteiger partial charge in [0.2, 0.25) is 0 Å². The van der Waals surface area contributed by atoms with Crippen LogP contribution in [0.15, 0.2) is 22.7 Å². The van der Waals surface area contributed by atoms with E-state index >= 15 is 0 Å². The lowest BCUT2D eigenvalue weighted by Crippen LogP contribution is -2.29. The molecule has 92 valence electrons. The molecule has 2 N–H and O–H groups in total. The van der Waals surface area contributed by atoms with Crippen LogP contribution in [0, 0.1) is 11.7 Å². The molecular formula is C12H14BrFN2O. The van der Waals surface area contributed by atoms with E-state index in [1.54, 1.807) is 4.90 Å². The van der Waals surface area contributed by atoms with Crippen molar-refractivity contribution >= 4 is 21.8 Å². The van der Waals surface area contributed by atoms with Crippen molar-refractivity contribution in [1.29, 1.82) is 0 Å². The van der Waals surface area contributed by atoms with Gasteiger partial charge in [-0.05, 0) is 53.0 Å². The number of hydrogen-bond donors (Lipinski definition) is 1. The fraction of sp³-hybridized carbons (Fsp3) is 0.417. The molecule has 1 amide bonds. The molecule has 1 atom stereocenters. The number of amides is 1. The maximum atomic E-state index is 13.1. The third-order valence-corrected chi connectivity index (χ3v) is 3.68. The topological polar surface area (TPSA) is 46.3 Å². The second kappa shape index (κ2) is 5.14. The smallest absolute Gasteiger partial charge is 0.253 e. The molecule has 0 saturated carbocycles. The number of hydrogen-bond acceptors (Lipinski definition) is 2. The molecule has 17 heavy (non-hydrogen) atoms. The van der Waals surface area contributed by atoms with Crippen LogP contribution < -0.4 is 5.73 Å². The Kier molecular flexibility index (Phi) is 3.79. The summed E-state index contributed by atoms with van der Waals surface area (Å²) in [5.41, 5.74) is 6.09. The molecular weight excluding hydrogens is 287 g/mol. The van der Waals surface area contributed by atoms with Gasteiger partial charge in [-0.15, -0.1) is 0 Å². The molecule has 0 bridgehead atoms. The first kappa shape index (κ1) is 12.5. The summed E-state index contributed by atoms with van der Waals surface area (Å²) in [5.74, 6) is -0.0210. The standard InChI is InChI=1S/C12H14BrFN2O/c13-10-5-9(1-2-11(10)14)12(17)16-4-3-8(6-15)7-16/h1-2,5,8H,3-4,6-7,15H2/t8-/m0/s1. The van der Waals surface area contributed by atoms with Gasteiger partial charge in [0.15, 0.2) is 0 Å². The number of halogens is 2. The molecule has 5 heteroatoms. The highest BCUT2D eigenvalue weighted by atomic mass is 79.9. The van der Waals surface area contributed by atoms with Crippen LogP contribution in [0.25, 0.3) is 0 Å². The maximum absolute atomic E-state index is 13.1. The average Bonchev–Trinajstić information content (AvgIpc) is 2.80. The molecule has 1 aliphatic rings. The molecule has 0 spiro atoms. The first-order valence-electron chi connectivity index (χ1n) is 5.56. The Morgan fingerprint density at radius 2 is 2.35 bits per heavy atom. The van der Waals surface area contributed by atoms with Crippen molar-refractivity contribution in [3.63, 3.8) is 0 Å². The highest BCUT2D eigenvalue weighted by molar-refractivity contribution is 9.10. The van der Waals surface area contributed by atoms with Crippen LogP contribution in [0.1, 0.15) is 16.8 Å². The third-order valence-electron chi connectivity index (χ3n) is 3.07. The monoisotopic (exact) mass is 300 g/mol. The molecule has 0 aliphatic carbocycles. The summed E-state index contributed by atoms with van der Waals surface area (Å²) in [6.45, 7) is 2.04. The van der Waals surface area contributed by atoms with Crippen LogP contribution >= 0.6 is 15.9 Å². The Hall–Kier alpha value is -0.940. The number of carbonyl (C=O) groups is 1. The fourth-order valence-corrected chi connectivity index (χ4v) is 2.40. The van der Waals surface area contributed by atoms with Gasteiger partial charge >= 0.3 is 0 Å². The largest absolute Gasteiger partial charge is 0.338 e. The molecule has 1 saturated heterocycles. The number of nitrogens with two attached hydrogens (primary N) is 1. The highest BCUT2D eigenvalue weighted by Crippen LogP contribution is 2.21. The lowest BCUT2D eigenvalue weighted by Gasteiger charge is -2.16. The van der Waals surface area contributed by atoms with Crippen LogP contribution in [0.2, 0.25) is 0 Å². The summed E-state index contributed by atoms with van der Waals surface area (Å²) in [6, 6.07) is 4.33. The normalized spacial score (nSPS) is 19.7. The van der Waals surface area contributed by atoms with Crippen molar-refractivity contribution in [1.82, 2.24) is 4.90 Å². The van der Waals surface area contributed by atoms with E-state index in [4.69, 9.17) is 5.73 Å². The van der Waals surface area contributed by atoms with Crippen molar-refractivity contribution in [2.24, 2.45) is 11.7 Å². The fourth-order valence-electron chi connectivity index (χ4n) is 2.02. The van der Waals surface area contributed by atoms with Gasteiger partial charge in [0.25, 0.3) is 5.91 Å². The van der Waals surface area contributed by atoms with E-state index in [1.807, 2.05) is 0 Å². The molecule has 3 nitrogen and oxygen atoms in total. The zero-order chi connectivity index (χ0) is 12.4. The lowest BCUT2D eigenvalue weighted by molar-refractivity contribution is 0.0787. The SMILES string of the molecule is NC[C@@H]1CCN(C(=O)c2ccc(F)c(Br)c2)C1. The Bertz CT molecular complexity index is 439. The second-order valence-electron chi connectivity index (χ2n) is 4.27. The predicted octanol–water partition coefficient (Wildman–Crippen LogP) is 2.01. The molecule has 1 aliphatic heterocycles. The van der Waals surface area contributed by atoms with Gasteiger partial charge in [-0.3, -0.25) is 4.79 Å². The molecule has 0 radical (unpaired) electrons. The van der Waals surface area contributed by atoms with Crippen LogP contribution in [-0.4, -0.2) is 30.4 Å². The van der Waals surface area contributed by atoms with Gasteiger partial charge in [0, 0.05) is 18.7 Å². The quantitative estimate of drug-likeness (QED) is 0.908. The first-order chi connectivity index (χ1) is 8.11. The van der Waals surface area contributed by atoms with Crippen LogP contribution in [-0.2, 0) is 0 Å². The number of likely N-dealkylation sites (tertiary alicyclic amines) is 1.